The van der Waals surface area contributed by atoms with Crippen LogP contribution in [0.1, 0.15) is 15.9 Å². The molecule has 0 fully saturated rings. The molecule has 0 radical (unpaired) electrons. The minimum Gasteiger partial charge on any atom is -0.348 e. The Morgan fingerprint density at radius 2 is 1.61 bits per heavy atom. The predicted molar refractivity (Wildman–Crippen MR) is 90.1 cm³/mol. The van der Waals surface area contributed by atoms with E-state index in [-0.39, 0.29) is 11.1 Å². The number of carbonyl (C=O) groups is 1. The Hall–Kier alpha value is -2.72. The molecule has 0 aliphatic heterocycles. The first-order valence-electron chi connectivity index (χ1n) is 7.15. The zero-order valence-corrected chi connectivity index (χ0v) is 13.0. The van der Waals surface area contributed by atoms with Crippen molar-refractivity contribution in [1.29, 1.82) is 0 Å². The standard InChI is InChI=1S/C18H14ClN3O/c19-17-15(12-20-18(23)14-9-5-2-6-10-14)11-16(21-22-17)13-7-3-1-4-8-13/h1-11H,12H2,(H,20,23). The van der Waals surface area contributed by atoms with Gasteiger partial charge in [-0.1, -0.05) is 60.1 Å². The third-order valence-corrected chi connectivity index (χ3v) is 3.68. The Morgan fingerprint density at radius 3 is 2.30 bits per heavy atom. The number of aromatic nitrogens is 2. The summed E-state index contributed by atoms with van der Waals surface area (Å²) in [4.78, 5) is 12.1. The summed E-state index contributed by atoms with van der Waals surface area (Å²) in [5, 5.41) is 11.2. The van der Waals surface area contributed by atoms with Crippen molar-refractivity contribution in [3.63, 3.8) is 0 Å². The summed E-state index contributed by atoms with van der Waals surface area (Å²) in [6.45, 7) is 0.294. The van der Waals surface area contributed by atoms with E-state index in [9.17, 15) is 4.79 Å². The number of benzene rings is 2. The fraction of sp³-hybridized carbons (Fsp3) is 0.0556. The smallest absolute Gasteiger partial charge is 0.251 e. The van der Waals surface area contributed by atoms with Crippen molar-refractivity contribution >= 4 is 17.5 Å². The molecule has 0 aliphatic rings. The molecule has 0 bridgehead atoms. The molecule has 23 heavy (non-hydrogen) atoms. The van der Waals surface area contributed by atoms with Gasteiger partial charge in [0.1, 0.15) is 0 Å². The quantitative estimate of drug-likeness (QED) is 0.796. The van der Waals surface area contributed by atoms with Gasteiger partial charge in [-0.05, 0) is 18.2 Å². The topological polar surface area (TPSA) is 54.9 Å². The average molecular weight is 324 g/mol. The number of carbonyl (C=O) groups excluding carboxylic acids is 1. The van der Waals surface area contributed by atoms with E-state index >= 15 is 0 Å². The van der Waals surface area contributed by atoms with E-state index in [0.717, 1.165) is 16.8 Å². The van der Waals surface area contributed by atoms with E-state index in [1.807, 2.05) is 54.6 Å². The van der Waals surface area contributed by atoms with Crippen LogP contribution in [0.15, 0.2) is 66.7 Å². The van der Waals surface area contributed by atoms with E-state index in [1.54, 1.807) is 12.1 Å². The molecule has 3 rings (SSSR count). The van der Waals surface area contributed by atoms with Crippen molar-refractivity contribution in [3.8, 4) is 11.3 Å². The van der Waals surface area contributed by atoms with Crippen LogP contribution in [0.5, 0.6) is 0 Å². The summed E-state index contributed by atoms with van der Waals surface area (Å²) in [7, 11) is 0. The highest BCUT2D eigenvalue weighted by Gasteiger charge is 2.09. The SMILES string of the molecule is O=C(NCc1cc(-c2ccccc2)nnc1Cl)c1ccccc1. The molecule has 3 aromatic rings. The predicted octanol–water partition coefficient (Wildman–Crippen LogP) is 3.73. The minimum atomic E-state index is -0.153. The van der Waals surface area contributed by atoms with Gasteiger partial charge in [0.2, 0.25) is 0 Å². The second-order valence-electron chi connectivity index (χ2n) is 4.96. The first-order valence-corrected chi connectivity index (χ1v) is 7.52. The first kappa shape index (κ1) is 15.2. The van der Waals surface area contributed by atoms with Gasteiger partial charge in [0.05, 0.1) is 5.69 Å². The van der Waals surface area contributed by atoms with Gasteiger partial charge in [0.25, 0.3) is 5.91 Å². The molecule has 1 aromatic heterocycles. The van der Waals surface area contributed by atoms with Gasteiger partial charge in [-0.15, -0.1) is 10.2 Å². The zero-order chi connectivity index (χ0) is 16.1. The minimum absolute atomic E-state index is 0.153. The summed E-state index contributed by atoms with van der Waals surface area (Å²) < 4.78 is 0. The zero-order valence-electron chi connectivity index (χ0n) is 12.2. The van der Waals surface area contributed by atoms with E-state index in [1.165, 1.54) is 0 Å². The lowest BCUT2D eigenvalue weighted by Crippen LogP contribution is -2.23. The summed E-state index contributed by atoms with van der Waals surface area (Å²) in [5.41, 5.74) is 3.00. The molecule has 0 saturated heterocycles. The fourth-order valence-corrected chi connectivity index (χ4v) is 2.32. The molecule has 1 amide bonds. The highest BCUT2D eigenvalue weighted by Crippen LogP contribution is 2.20. The lowest BCUT2D eigenvalue weighted by molar-refractivity contribution is 0.0951. The Labute approximate surface area is 139 Å². The molecule has 2 aromatic carbocycles. The third kappa shape index (κ3) is 3.73. The number of rotatable bonds is 4. The lowest BCUT2D eigenvalue weighted by atomic mass is 10.1. The van der Waals surface area contributed by atoms with E-state index in [2.05, 4.69) is 15.5 Å². The van der Waals surface area contributed by atoms with Gasteiger partial charge < -0.3 is 5.32 Å². The number of halogens is 1. The van der Waals surface area contributed by atoms with Crippen LogP contribution in [-0.2, 0) is 6.54 Å². The maximum atomic E-state index is 12.1. The summed E-state index contributed by atoms with van der Waals surface area (Å²) in [6, 6.07) is 20.6. The lowest BCUT2D eigenvalue weighted by Gasteiger charge is -2.08. The maximum Gasteiger partial charge on any atom is 0.251 e. The van der Waals surface area contributed by atoms with Gasteiger partial charge in [0.15, 0.2) is 5.15 Å². The summed E-state index contributed by atoms with van der Waals surface area (Å²) in [5.74, 6) is -0.153. The van der Waals surface area contributed by atoms with E-state index in [4.69, 9.17) is 11.6 Å². The van der Waals surface area contributed by atoms with Gasteiger partial charge in [-0.3, -0.25) is 4.79 Å². The average Bonchev–Trinajstić information content (AvgIpc) is 2.62. The summed E-state index contributed by atoms with van der Waals surface area (Å²) in [6.07, 6.45) is 0. The van der Waals surface area contributed by atoms with Crippen LogP contribution in [0.25, 0.3) is 11.3 Å². The third-order valence-electron chi connectivity index (χ3n) is 3.37. The van der Waals surface area contributed by atoms with Crippen LogP contribution in [0.3, 0.4) is 0 Å². The van der Waals surface area contributed by atoms with Crippen LogP contribution in [-0.4, -0.2) is 16.1 Å². The van der Waals surface area contributed by atoms with Crippen LogP contribution < -0.4 is 5.32 Å². The molecule has 5 heteroatoms. The molecular formula is C18H14ClN3O. The molecule has 0 aliphatic carbocycles. The molecule has 1 N–H and O–H groups in total. The fourth-order valence-electron chi connectivity index (χ4n) is 2.16. The molecule has 0 saturated carbocycles. The van der Waals surface area contributed by atoms with Gasteiger partial charge in [-0.25, -0.2) is 0 Å². The molecule has 114 valence electrons. The Morgan fingerprint density at radius 1 is 0.957 bits per heavy atom. The molecule has 4 nitrogen and oxygen atoms in total. The normalized spacial score (nSPS) is 10.3. The van der Waals surface area contributed by atoms with Crippen LogP contribution >= 0.6 is 11.6 Å². The summed E-state index contributed by atoms with van der Waals surface area (Å²) >= 11 is 6.09. The highest BCUT2D eigenvalue weighted by molar-refractivity contribution is 6.30. The highest BCUT2D eigenvalue weighted by atomic mass is 35.5. The Balaban J connectivity index is 1.76. The van der Waals surface area contributed by atoms with E-state index in [0.29, 0.717) is 12.1 Å². The number of amides is 1. The Bertz CT molecular complexity index is 807. The Kier molecular flexibility index (Phi) is 4.64. The second kappa shape index (κ2) is 7.03. The van der Waals surface area contributed by atoms with Gasteiger partial charge in [0, 0.05) is 23.2 Å². The van der Waals surface area contributed by atoms with Gasteiger partial charge >= 0.3 is 0 Å². The van der Waals surface area contributed by atoms with Crippen molar-refractivity contribution in [2.75, 3.05) is 0 Å². The maximum absolute atomic E-state index is 12.1. The van der Waals surface area contributed by atoms with Gasteiger partial charge in [-0.2, -0.15) is 0 Å². The molecule has 1 heterocycles. The molecular weight excluding hydrogens is 310 g/mol. The number of nitrogens with zero attached hydrogens (tertiary/aromatic N) is 2. The van der Waals surface area contributed by atoms with Crippen LogP contribution in [0, 0.1) is 0 Å². The van der Waals surface area contributed by atoms with Crippen LogP contribution in [0.2, 0.25) is 5.15 Å². The van der Waals surface area contributed by atoms with Crippen molar-refractivity contribution in [2.24, 2.45) is 0 Å². The molecule has 0 spiro atoms. The molecule has 0 atom stereocenters. The van der Waals surface area contributed by atoms with Crippen LogP contribution in [0.4, 0.5) is 0 Å². The number of hydrogen-bond donors (Lipinski definition) is 1. The van der Waals surface area contributed by atoms with E-state index < -0.39 is 0 Å². The monoisotopic (exact) mass is 323 g/mol. The van der Waals surface area contributed by atoms with Crippen molar-refractivity contribution in [3.05, 3.63) is 83.0 Å². The first-order chi connectivity index (χ1) is 11.2. The van der Waals surface area contributed by atoms with Crippen molar-refractivity contribution in [2.45, 2.75) is 6.54 Å². The second-order valence-corrected chi connectivity index (χ2v) is 5.32. The number of nitrogens with one attached hydrogen (secondary N) is 1. The largest absolute Gasteiger partial charge is 0.348 e. The number of hydrogen-bond acceptors (Lipinski definition) is 3. The van der Waals surface area contributed by atoms with Crippen molar-refractivity contribution in [1.82, 2.24) is 15.5 Å². The molecule has 0 unspecified atom stereocenters. The van der Waals surface area contributed by atoms with Crippen molar-refractivity contribution < 1.29 is 4.79 Å².